The Hall–Kier alpha value is -4.06. The average Bonchev–Trinajstić information content (AvgIpc) is 3.48. The van der Waals surface area contributed by atoms with E-state index < -0.39 is 0 Å². The Morgan fingerprint density at radius 1 is 1.05 bits per heavy atom. The molecule has 1 aliphatic rings. The number of nitrogens with one attached hydrogen (secondary N) is 1. The van der Waals surface area contributed by atoms with Crippen LogP contribution in [0.15, 0.2) is 48.5 Å². The molecule has 0 spiro atoms. The van der Waals surface area contributed by atoms with Gasteiger partial charge in [0.25, 0.3) is 5.91 Å². The first-order valence-corrected chi connectivity index (χ1v) is 13.5. The normalized spacial score (nSPS) is 13.8. The maximum atomic E-state index is 12.8. The SMILES string of the molecule is C#N.CC.CC.CC1CCCN(C(=O)c2ccc(Nc3nc4ccccc4n4nnnc34)cc2)C1.CCC. The fourth-order valence-electron chi connectivity index (χ4n) is 3.88. The number of amides is 1. The molecule has 204 valence electrons. The lowest BCUT2D eigenvalue weighted by molar-refractivity contribution is 0.0683. The van der Waals surface area contributed by atoms with Crippen LogP contribution < -0.4 is 5.32 Å². The van der Waals surface area contributed by atoms with Crippen molar-refractivity contribution in [3.05, 3.63) is 54.1 Å². The standard InChI is InChI=1S/C21H21N7O.C3H8.2C2H6.CHN/c1-14-5-4-12-27(13-14)21(29)15-8-10-16(11-9-15)22-19-20-24-25-26-28(20)18-7-3-2-6-17(18)23-19;1-3-2;3*1-2/h2-3,6-11,14H,4-5,12-13H2,1H3,(H,22,23);3H2,1-2H3;2*1-2H3;1H. The highest BCUT2D eigenvalue weighted by Gasteiger charge is 2.22. The lowest BCUT2D eigenvalue weighted by Crippen LogP contribution is -2.39. The molecule has 4 aromatic rings. The van der Waals surface area contributed by atoms with Crippen molar-refractivity contribution in [2.75, 3.05) is 18.4 Å². The molecule has 1 atom stereocenters. The minimum absolute atomic E-state index is 0.0935. The molecule has 0 bridgehead atoms. The summed E-state index contributed by atoms with van der Waals surface area (Å²) in [5.41, 5.74) is 3.70. The fourth-order valence-corrected chi connectivity index (χ4v) is 3.88. The number of para-hydroxylation sites is 2. The van der Waals surface area contributed by atoms with Gasteiger partial charge in [0.2, 0.25) is 5.65 Å². The van der Waals surface area contributed by atoms with Crippen LogP contribution >= 0.6 is 0 Å². The van der Waals surface area contributed by atoms with Crippen molar-refractivity contribution in [3.8, 4) is 6.57 Å². The molecule has 0 radical (unpaired) electrons. The molecule has 1 aliphatic heterocycles. The second-order valence-corrected chi connectivity index (χ2v) is 8.27. The molecule has 0 saturated carbocycles. The number of anilines is 2. The minimum Gasteiger partial charge on any atom is -0.338 e. The van der Waals surface area contributed by atoms with E-state index in [1.54, 1.807) is 4.52 Å². The lowest BCUT2D eigenvalue weighted by Gasteiger charge is -2.31. The summed E-state index contributed by atoms with van der Waals surface area (Å²) < 4.78 is 1.67. The fraction of sp³-hybridized carbons (Fsp3) is 0.448. The third kappa shape index (κ3) is 8.23. The number of benzene rings is 2. The molecule has 1 unspecified atom stereocenters. The molecular formula is C29H42N8O. The highest BCUT2D eigenvalue weighted by Crippen LogP contribution is 2.23. The van der Waals surface area contributed by atoms with E-state index in [1.165, 1.54) is 12.8 Å². The van der Waals surface area contributed by atoms with Gasteiger partial charge < -0.3 is 10.2 Å². The Kier molecular flexibility index (Phi) is 14.6. The van der Waals surface area contributed by atoms with Crippen molar-refractivity contribution in [3.63, 3.8) is 0 Å². The molecule has 3 heterocycles. The van der Waals surface area contributed by atoms with Gasteiger partial charge >= 0.3 is 0 Å². The molecule has 2 aromatic carbocycles. The molecule has 9 nitrogen and oxygen atoms in total. The number of rotatable bonds is 3. The van der Waals surface area contributed by atoms with Crippen LogP contribution in [0.3, 0.4) is 0 Å². The molecule has 1 saturated heterocycles. The molecule has 0 aliphatic carbocycles. The number of likely N-dealkylation sites (tertiary alicyclic amines) is 1. The predicted molar refractivity (Wildman–Crippen MR) is 155 cm³/mol. The Morgan fingerprint density at radius 3 is 2.32 bits per heavy atom. The van der Waals surface area contributed by atoms with Crippen LogP contribution in [0, 0.1) is 17.8 Å². The van der Waals surface area contributed by atoms with E-state index in [0.717, 1.165) is 36.2 Å². The van der Waals surface area contributed by atoms with Crippen LogP contribution in [0.4, 0.5) is 11.5 Å². The van der Waals surface area contributed by atoms with E-state index >= 15 is 0 Å². The zero-order valence-corrected chi connectivity index (χ0v) is 23.8. The number of hydrogen-bond acceptors (Lipinski definition) is 7. The summed E-state index contributed by atoms with van der Waals surface area (Å²) in [7, 11) is 0. The van der Waals surface area contributed by atoms with Crippen LogP contribution in [-0.2, 0) is 0 Å². The number of nitriles is 1. The first-order valence-electron chi connectivity index (χ1n) is 13.5. The number of tetrazole rings is 1. The monoisotopic (exact) mass is 518 g/mol. The van der Waals surface area contributed by atoms with Crippen molar-refractivity contribution in [1.82, 2.24) is 29.9 Å². The quantitative estimate of drug-likeness (QED) is 0.314. The van der Waals surface area contributed by atoms with Crippen molar-refractivity contribution in [2.45, 2.75) is 67.7 Å². The van der Waals surface area contributed by atoms with Crippen LogP contribution in [0.2, 0.25) is 0 Å². The lowest BCUT2D eigenvalue weighted by atomic mass is 9.99. The number of aromatic nitrogens is 5. The maximum Gasteiger partial charge on any atom is 0.253 e. The van der Waals surface area contributed by atoms with Gasteiger partial charge in [0.05, 0.1) is 11.0 Å². The van der Waals surface area contributed by atoms with Gasteiger partial charge in [-0.25, -0.2) is 10.2 Å². The van der Waals surface area contributed by atoms with Gasteiger partial charge in [0.1, 0.15) is 0 Å². The van der Waals surface area contributed by atoms with E-state index in [9.17, 15) is 4.79 Å². The average molecular weight is 519 g/mol. The summed E-state index contributed by atoms with van der Waals surface area (Å²) in [5, 5.41) is 21.7. The van der Waals surface area contributed by atoms with E-state index in [1.807, 2.05) is 81.1 Å². The molecule has 1 fully saturated rings. The second kappa shape index (κ2) is 17.4. The van der Waals surface area contributed by atoms with Crippen LogP contribution in [-0.4, -0.2) is 48.9 Å². The summed E-state index contributed by atoms with van der Waals surface area (Å²) in [6, 6.07) is 15.2. The van der Waals surface area contributed by atoms with E-state index in [4.69, 9.17) is 5.26 Å². The summed E-state index contributed by atoms with van der Waals surface area (Å²) in [4.78, 5) is 19.4. The second-order valence-electron chi connectivity index (χ2n) is 8.27. The zero-order chi connectivity index (χ0) is 28.5. The topological polar surface area (TPSA) is 112 Å². The van der Waals surface area contributed by atoms with Crippen LogP contribution in [0.5, 0.6) is 0 Å². The first-order chi connectivity index (χ1) is 18.6. The molecule has 9 heteroatoms. The Balaban J connectivity index is 0.000000723. The van der Waals surface area contributed by atoms with Crippen molar-refractivity contribution >= 4 is 34.1 Å². The van der Waals surface area contributed by atoms with Crippen molar-refractivity contribution in [2.24, 2.45) is 5.92 Å². The first kappa shape index (κ1) is 32.0. The van der Waals surface area contributed by atoms with E-state index in [2.05, 4.69) is 53.2 Å². The molecule has 1 amide bonds. The highest BCUT2D eigenvalue weighted by molar-refractivity contribution is 5.94. The maximum absolute atomic E-state index is 12.8. The third-order valence-corrected chi connectivity index (χ3v) is 5.36. The zero-order valence-electron chi connectivity index (χ0n) is 23.8. The Morgan fingerprint density at radius 2 is 1.68 bits per heavy atom. The minimum atomic E-state index is 0.0935. The summed E-state index contributed by atoms with van der Waals surface area (Å²) >= 11 is 0. The summed E-state index contributed by atoms with van der Waals surface area (Å²) in [6.07, 6.45) is 3.51. The van der Waals surface area contributed by atoms with E-state index in [-0.39, 0.29) is 5.91 Å². The van der Waals surface area contributed by atoms with Crippen molar-refractivity contribution in [1.29, 1.82) is 5.26 Å². The molecule has 2 aromatic heterocycles. The highest BCUT2D eigenvalue weighted by atomic mass is 16.2. The van der Waals surface area contributed by atoms with Gasteiger partial charge in [-0.05, 0) is 65.6 Å². The van der Waals surface area contributed by atoms with Gasteiger partial charge in [-0.3, -0.25) is 4.79 Å². The Bertz CT molecular complexity index is 1250. The number of carbonyl (C=O) groups excluding carboxylic acids is 1. The van der Waals surface area contributed by atoms with Gasteiger partial charge in [0, 0.05) is 30.9 Å². The predicted octanol–water partition coefficient (Wildman–Crippen LogP) is 6.90. The van der Waals surface area contributed by atoms with Gasteiger partial charge in [0.15, 0.2) is 5.82 Å². The smallest absolute Gasteiger partial charge is 0.253 e. The van der Waals surface area contributed by atoms with Crippen LogP contribution in [0.25, 0.3) is 16.7 Å². The number of nitrogens with zero attached hydrogens (tertiary/aromatic N) is 7. The van der Waals surface area contributed by atoms with Crippen LogP contribution in [0.1, 0.15) is 78.1 Å². The molecule has 5 rings (SSSR count). The largest absolute Gasteiger partial charge is 0.338 e. The summed E-state index contributed by atoms with van der Waals surface area (Å²) in [6.45, 7) is 19.6. The third-order valence-electron chi connectivity index (χ3n) is 5.36. The summed E-state index contributed by atoms with van der Waals surface area (Å²) in [5.74, 6) is 1.22. The molecule has 1 N–H and O–H groups in total. The van der Waals surface area contributed by atoms with Crippen molar-refractivity contribution < 1.29 is 4.79 Å². The molecule has 38 heavy (non-hydrogen) atoms. The van der Waals surface area contributed by atoms with Gasteiger partial charge in [-0.1, -0.05) is 67.0 Å². The van der Waals surface area contributed by atoms with E-state index in [0.29, 0.717) is 22.9 Å². The number of piperidine rings is 1. The molecular weight excluding hydrogens is 476 g/mol. The number of fused-ring (bicyclic) bond motifs is 3. The number of carbonyl (C=O) groups is 1. The van der Waals surface area contributed by atoms with Gasteiger partial charge in [-0.2, -0.15) is 4.52 Å². The number of hydrogen-bond donors (Lipinski definition) is 1. The van der Waals surface area contributed by atoms with Gasteiger partial charge in [-0.15, -0.1) is 5.10 Å². The Labute approximate surface area is 226 Å².